The van der Waals surface area contributed by atoms with E-state index in [9.17, 15) is 4.79 Å². The number of nitrogens with zero attached hydrogens (tertiary/aromatic N) is 2. The first-order valence-electron chi connectivity index (χ1n) is 5.64. The van der Waals surface area contributed by atoms with Crippen LogP contribution in [0.3, 0.4) is 0 Å². The summed E-state index contributed by atoms with van der Waals surface area (Å²) >= 11 is 3.37. The third kappa shape index (κ3) is 2.83. The molecule has 0 saturated carbocycles. The van der Waals surface area contributed by atoms with Crippen molar-refractivity contribution >= 4 is 33.6 Å². The van der Waals surface area contributed by atoms with E-state index >= 15 is 0 Å². The van der Waals surface area contributed by atoms with Gasteiger partial charge in [-0.1, -0.05) is 6.07 Å². The van der Waals surface area contributed by atoms with Crippen LogP contribution in [0.25, 0.3) is 0 Å². The largest absolute Gasteiger partial charge is 0.345 e. The molecule has 0 amide bonds. The zero-order valence-corrected chi connectivity index (χ0v) is 11.9. The lowest BCUT2D eigenvalue weighted by molar-refractivity contribution is 0.112. The fourth-order valence-electron chi connectivity index (χ4n) is 1.75. The lowest BCUT2D eigenvalue weighted by atomic mass is 10.1. The summed E-state index contributed by atoms with van der Waals surface area (Å²) in [5.41, 5.74) is 3.09. The molecule has 2 aromatic rings. The molecule has 0 unspecified atom stereocenters. The lowest BCUT2D eigenvalue weighted by Gasteiger charge is -2.20. The van der Waals surface area contributed by atoms with Gasteiger partial charge in [0.15, 0.2) is 6.29 Å². The molecule has 0 spiro atoms. The van der Waals surface area contributed by atoms with Crippen LogP contribution in [0.2, 0.25) is 0 Å². The van der Waals surface area contributed by atoms with Crippen LogP contribution < -0.4 is 4.90 Å². The molecule has 2 aromatic carbocycles. The molecule has 0 heterocycles. The number of anilines is 2. The SMILES string of the molecule is CN(c1cccc(C#N)c1)c1ccc(C=O)c(Br)c1. The first kappa shape index (κ1) is 13.3. The monoisotopic (exact) mass is 314 g/mol. The van der Waals surface area contributed by atoms with Gasteiger partial charge in [-0.15, -0.1) is 0 Å². The van der Waals surface area contributed by atoms with Gasteiger partial charge in [0.2, 0.25) is 0 Å². The highest BCUT2D eigenvalue weighted by atomic mass is 79.9. The van der Waals surface area contributed by atoms with Crippen molar-refractivity contribution in [2.45, 2.75) is 0 Å². The molecule has 0 aliphatic rings. The fourth-order valence-corrected chi connectivity index (χ4v) is 2.21. The van der Waals surface area contributed by atoms with E-state index in [0.717, 1.165) is 22.1 Å². The second-order valence-corrected chi connectivity index (χ2v) is 4.90. The van der Waals surface area contributed by atoms with E-state index in [1.807, 2.05) is 42.3 Å². The highest BCUT2D eigenvalue weighted by Crippen LogP contribution is 2.28. The number of hydrogen-bond donors (Lipinski definition) is 0. The number of carbonyl (C=O) groups is 1. The van der Waals surface area contributed by atoms with Crippen LogP contribution in [0.4, 0.5) is 11.4 Å². The van der Waals surface area contributed by atoms with Crippen molar-refractivity contribution in [2.24, 2.45) is 0 Å². The Labute approximate surface area is 120 Å². The van der Waals surface area contributed by atoms with E-state index in [4.69, 9.17) is 5.26 Å². The first-order valence-corrected chi connectivity index (χ1v) is 6.43. The Morgan fingerprint density at radius 3 is 2.58 bits per heavy atom. The number of benzene rings is 2. The Bertz CT molecular complexity index is 661. The molecule has 0 aliphatic carbocycles. The van der Waals surface area contributed by atoms with Gasteiger partial charge in [0.25, 0.3) is 0 Å². The number of halogens is 1. The number of hydrogen-bond acceptors (Lipinski definition) is 3. The average Bonchev–Trinajstić information content (AvgIpc) is 2.46. The van der Waals surface area contributed by atoms with E-state index in [-0.39, 0.29) is 0 Å². The Kier molecular flexibility index (Phi) is 3.98. The average molecular weight is 315 g/mol. The first-order chi connectivity index (χ1) is 9.15. The normalized spacial score (nSPS) is 9.74. The third-order valence-corrected chi connectivity index (χ3v) is 3.55. The van der Waals surface area contributed by atoms with Crippen LogP contribution in [0, 0.1) is 11.3 Å². The van der Waals surface area contributed by atoms with Gasteiger partial charge in [-0.05, 0) is 52.3 Å². The molecule has 0 bridgehead atoms. The molecule has 0 fully saturated rings. The summed E-state index contributed by atoms with van der Waals surface area (Å²) in [6.45, 7) is 0. The van der Waals surface area contributed by atoms with Gasteiger partial charge in [0, 0.05) is 28.5 Å². The highest BCUT2D eigenvalue weighted by molar-refractivity contribution is 9.10. The summed E-state index contributed by atoms with van der Waals surface area (Å²) in [5.74, 6) is 0. The van der Waals surface area contributed by atoms with Crippen molar-refractivity contribution in [1.82, 2.24) is 0 Å². The smallest absolute Gasteiger partial charge is 0.151 e. The van der Waals surface area contributed by atoms with Gasteiger partial charge < -0.3 is 4.90 Å². The van der Waals surface area contributed by atoms with Crippen molar-refractivity contribution in [1.29, 1.82) is 5.26 Å². The van der Waals surface area contributed by atoms with E-state index in [0.29, 0.717) is 11.1 Å². The molecule has 0 aromatic heterocycles. The molecule has 0 radical (unpaired) electrons. The molecular weight excluding hydrogens is 304 g/mol. The molecule has 94 valence electrons. The van der Waals surface area contributed by atoms with Gasteiger partial charge in [0.1, 0.15) is 0 Å². The summed E-state index contributed by atoms with van der Waals surface area (Å²) < 4.78 is 0.753. The van der Waals surface area contributed by atoms with Crippen LogP contribution >= 0.6 is 15.9 Å². The Morgan fingerprint density at radius 1 is 1.21 bits per heavy atom. The van der Waals surface area contributed by atoms with E-state index in [2.05, 4.69) is 22.0 Å². The van der Waals surface area contributed by atoms with Crippen LogP contribution in [0.1, 0.15) is 15.9 Å². The second-order valence-electron chi connectivity index (χ2n) is 4.04. The van der Waals surface area contributed by atoms with Gasteiger partial charge in [-0.2, -0.15) is 5.26 Å². The highest BCUT2D eigenvalue weighted by Gasteiger charge is 2.07. The molecule has 0 saturated heterocycles. The maximum absolute atomic E-state index is 10.8. The van der Waals surface area contributed by atoms with Crippen molar-refractivity contribution in [3.63, 3.8) is 0 Å². The van der Waals surface area contributed by atoms with Crippen molar-refractivity contribution in [3.8, 4) is 6.07 Å². The van der Waals surface area contributed by atoms with Gasteiger partial charge in [-0.25, -0.2) is 0 Å². The number of rotatable bonds is 3. The van der Waals surface area contributed by atoms with E-state index in [1.54, 1.807) is 12.1 Å². The number of aldehydes is 1. The standard InChI is InChI=1S/C15H11BrN2O/c1-18(13-4-2-3-11(7-13)9-17)14-6-5-12(10-19)15(16)8-14/h2-8,10H,1H3. The minimum Gasteiger partial charge on any atom is -0.345 e. The maximum atomic E-state index is 10.8. The minimum absolute atomic E-state index is 0.614. The van der Waals surface area contributed by atoms with Crippen molar-refractivity contribution in [2.75, 3.05) is 11.9 Å². The zero-order chi connectivity index (χ0) is 13.8. The predicted molar refractivity (Wildman–Crippen MR) is 78.7 cm³/mol. The maximum Gasteiger partial charge on any atom is 0.151 e. The Hall–Kier alpha value is -2.12. The van der Waals surface area contributed by atoms with Crippen LogP contribution in [0.15, 0.2) is 46.9 Å². The quantitative estimate of drug-likeness (QED) is 0.807. The zero-order valence-electron chi connectivity index (χ0n) is 10.3. The fraction of sp³-hybridized carbons (Fsp3) is 0.0667. The van der Waals surface area contributed by atoms with Gasteiger partial charge in [0.05, 0.1) is 11.6 Å². The summed E-state index contributed by atoms with van der Waals surface area (Å²) in [6, 6.07) is 15.0. The topological polar surface area (TPSA) is 44.1 Å². The van der Waals surface area contributed by atoms with Crippen molar-refractivity contribution < 1.29 is 4.79 Å². The van der Waals surface area contributed by atoms with Gasteiger partial charge in [-0.3, -0.25) is 4.79 Å². The second kappa shape index (κ2) is 5.68. The number of nitriles is 1. The van der Waals surface area contributed by atoms with Crippen LogP contribution in [-0.2, 0) is 0 Å². The van der Waals surface area contributed by atoms with Crippen LogP contribution in [0.5, 0.6) is 0 Å². The van der Waals surface area contributed by atoms with Crippen molar-refractivity contribution in [3.05, 3.63) is 58.1 Å². The molecule has 2 rings (SSSR count). The molecule has 4 heteroatoms. The van der Waals surface area contributed by atoms with E-state index < -0.39 is 0 Å². The molecular formula is C15H11BrN2O. The summed E-state index contributed by atoms with van der Waals surface area (Å²) in [7, 11) is 1.92. The summed E-state index contributed by atoms with van der Waals surface area (Å²) in [4.78, 5) is 12.7. The lowest BCUT2D eigenvalue weighted by Crippen LogP contribution is -2.09. The van der Waals surface area contributed by atoms with Crippen LogP contribution in [-0.4, -0.2) is 13.3 Å². The summed E-state index contributed by atoms with van der Waals surface area (Å²) in [5, 5.41) is 8.91. The summed E-state index contributed by atoms with van der Waals surface area (Å²) in [6.07, 6.45) is 0.810. The molecule has 19 heavy (non-hydrogen) atoms. The molecule has 0 atom stereocenters. The third-order valence-electron chi connectivity index (χ3n) is 2.86. The van der Waals surface area contributed by atoms with E-state index in [1.165, 1.54) is 0 Å². The molecule has 3 nitrogen and oxygen atoms in total. The molecule has 0 aliphatic heterocycles. The number of carbonyl (C=O) groups excluding carboxylic acids is 1. The molecule has 0 N–H and O–H groups in total. The minimum atomic E-state index is 0.614. The Morgan fingerprint density at radius 2 is 1.95 bits per heavy atom. The Balaban J connectivity index is 2.38. The predicted octanol–water partition coefficient (Wildman–Crippen LogP) is 3.90. The van der Waals surface area contributed by atoms with Gasteiger partial charge >= 0.3 is 0 Å².